The molecule has 1 aliphatic rings. The van der Waals surface area contributed by atoms with E-state index < -0.39 is 9.84 Å². The molecule has 0 radical (unpaired) electrons. The first-order valence-electron chi connectivity index (χ1n) is 8.84. The van der Waals surface area contributed by atoms with Gasteiger partial charge in [0.25, 0.3) is 5.91 Å². The Morgan fingerprint density at radius 2 is 1.81 bits per heavy atom. The monoisotopic (exact) mass is 388 g/mol. The van der Waals surface area contributed by atoms with Crippen molar-refractivity contribution in [1.82, 2.24) is 9.97 Å². The minimum absolute atomic E-state index is 0.0855. The zero-order chi connectivity index (χ0) is 19.7. The molecule has 7 nitrogen and oxygen atoms in total. The number of anilines is 2. The highest BCUT2D eigenvalue weighted by molar-refractivity contribution is 7.91. The first-order chi connectivity index (χ1) is 12.6. The molecule has 1 atom stereocenters. The maximum absolute atomic E-state index is 12.5. The topological polar surface area (TPSA) is 101 Å². The van der Waals surface area contributed by atoms with E-state index in [1.807, 2.05) is 24.3 Å². The van der Waals surface area contributed by atoms with Crippen molar-refractivity contribution in [1.29, 1.82) is 0 Å². The van der Waals surface area contributed by atoms with Gasteiger partial charge in [0.2, 0.25) is 5.95 Å². The van der Waals surface area contributed by atoms with Gasteiger partial charge in [-0.05, 0) is 23.5 Å². The van der Waals surface area contributed by atoms with E-state index in [2.05, 4.69) is 41.4 Å². The third-order valence-electron chi connectivity index (χ3n) is 4.46. The van der Waals surface area contributed by atoms with Crippen molar-refractivity contribution in [3.8, 4) is 0 Å². The summed E-state index contributed by atoms with van der Waals surface area (Å²) in [6.07, 6.45) is 3.42. The zero-order valence-electron chi connectivity index (χ0n) is 15.7. The van der Waals surface area contributed by atoms with Crippen molar-refractivity contribution in [2.45, 2.75) is 38.6 Å². The highest BCUT2D eigenvalue weighted by atomic mass is 32.2. The van der Waals surface area contributed by atoms with Gasteiger partial charge in [-0.15, -0.1) is 0 Å². The van der Waals surface area contributed by atoms with Crippen LogP contribution in [0.4, 0.5) is 11.6 Å². The van der Waals surface area contributed by atoms with E-state index in [0.29, 0.717) is 17.9 Å². The number of amides is 1. The molecule has 144 valence electrons. The molecule has 27 heavy (non-hydrogen) atoms. The summed E-state index contributed by atoms with van der Waals surface area (Å²) in [6.45, 7) is 6.26. The van der Waals surface area contributed by atoms with Gasteiger partial charge in [-0.25, -0.2) is 18.4 Å². The first kappa shape index (κ1) is 19.3. The molecule has 1 fully saturated rings. The molecule has 1 aromatic carbocycles. The van der Waals surface area contributed by atoms with Crippen LogP contribution in [0, 0.1) is 0 Å². The van der Waals surface area contributed by atoms with Crippen LogP contribution in [0.25, 0.3) is 0 Å². The Bertz CT molecular complexity index is 934. The number of nitrogens with zero attached hydrogens (tertiary/aromatic N) is 2. The predicted molar refractivity (Wildman–Crippen MR) is 106 cm³/mol. The van der Waals surface area contributed by atoms with Gasteiger partial charge in [0.05, 0.1) is 17.1 Å². The number of aromatic nitrogens is 2. The maximum atomic E-state index is 12.5. The highest BCUT2D eigenvalue weighted by Gasteiger charge is 2.28. The predicted octanol–water partition coefficient (Wildman–Crippen LogP) is 2.63. The molecule has 0 aliphatic carbocycles. The molecule has 0 bridgehead atoms. The number of carbonyl (C=O) groups excluding carboxylic acids is 1. The molecule has 0 spiro atoms. The molecule has 0 saturated carbocycles. The molecule has 8 heteroatoms. The van der Waals surface area contributed by atoms with Crippen LogP contribution in [-0.4, -0.2) is 41.8 Å². The van der Waals surface area contributed by atoms with Crippen LogP contribution in [-0.2, 0) is 15.3 Å². The number of rotatable bonds is 4. The SMILES string of the molecule is CC(C)(C)c1ccccc1NC(=O)c1cnc(NC2CCS(=O)(=O)C2)nc1. The molecule has 2 N–H and O–H groups in total. The lowest BCUT2D eigenvalue weighted by molar-refractivity contribution is 0.102. The molecule has 2 aromatic rings. The lowest BCUT2D eigenvalue weighted by atomic mass is 9.86. The van der Waals surface area contributed by atoms with Gasteiger partial charge in [0, 0.05) is 24.1 Å². The van der Waals surface area contributed by atoms with E-state index in [4.69, 9.17) is 0 Å². The van der Waals surface area contributed by atoms with Gasteiger partial charge >= 0.3 is 0 Å². The Balaban J connectivity index is 1.68. The van der Waals surface area contributed by atoms with E-state index in [-0.39, 0.29) is 28.9 Å². The summed E-state index contributed by atoms with van der Waals surface area (Å²) in [5.74, 6) is 0.297. The van der Waals surface area contributed by atoms with Gasteiger partial charge in [0.15, 0.2) is 9.84 Å². The van der Waals surface area contributed by atoms with Gasteiger partial charge < -0.3 is 10.6 Å². The smallest absolute Gasteiger partial charge is 0.258 e. The largest absolute Gasteiger partial charge is 0.350 e. The summed E-state index contributed by atoms with van der Waals surface area (Å²) in [4.78, 5) is 20.8. The minimum Gasteiger partial charge on any atom is -0.350 e. The standard InChI is InChI=1S/C19H24N4O3S/c1-19(2,3)15-6-4-5-7-16(15)23-17(24)13-10-20-18(21-11-13)22-14-8-9-27(25,26)12-14/h4-7,10-11,14H,8-9,12H2,1-3H3,(H,23,24)(H,20,21,22). The van der Waals surface area contributed by atoms with Crippen molar-refractivity contribution in [3.05, 3.63) is 47.8 Å². The van der Waals surface area contributed by atoms with Gasteiger partial charge in [0.1, 0.15) is 0 Å². The fourth-order valence-electron chi connectivity index (χ4n) is 3.05. The Kier molecular flexibility index (Phi) is 5.19. The number of hydrogen-bond acceptors (Lipinski definition) is 6. The van der Waals surface area contributed by atoms with Crippen molar-refractivity contribution in [2.75, 3.05) is 22.1 Å². The van der Waals surface area contributed by atoms with Gasteiger partial charge in [-0.2, -0.15) is 0 Å². The number of nitrogens with one attached hydrogen (secondary N) is 2. The molecule has 1 saturated heterocycles. The van der Waals surface area contributed by atoms with Gasteiger partial charge in [-0.3, -0.25) is 4.79 Å². The van der Waals surface area contributed by atoms with Crippen LogP contribution in [0.1, 0.15) is 43.1 Å². The molecule has 3 rings (SSSR count). The number of sulfone groups is 1. The van der Waals surface area contributed by atoms with Crippen molar-refractivity contribution >= 4 is 27.4 Å². The third-order valence-corrected chi connectivity index (χ3v) is 6.23. The fraction of sp³-hybridized carbons (Fsp3) is 0.421. The number of hydrogen-bond donors (Lipinski definition) is 2. The summed E-state index contributed by atoms with van der Waals surface area (Å²) >= 11 is 0. The zero-order valence-corrected chi connectivity index (χ0v) is 16.5. The molecule has 1 unspecified atom stereocenters. The van der Waals surface area contributed by atoms with Crippen molar-refractivity contribution in [2.24, 2.45) is 0 Å². The van der Waals surface area contributed by atoms with Crippen molar-refractivity contribution in [3.63, 3.8) is 0 Å². The average molecular weight is 388 g/mol. The average Bonchev–Trinajstić information content (AvgIpc) is 2.93. The number of para-hydroxylation sites is 1. The normalized spacial score (nSPS) is 18.9. The van der Waals surface area contributed by atoms with Gasteiger partial charge in [-0.1, -0.05) is 39.0 Å². The highest BCUT2D eigenvalue weighted by Crippen LogP contribution is 2.29. The number of benzene rings is 1. The molecular formula is C19H24N4O3S. The second kappa shape index (κ2) is 7.26. The van der Waals surface area contributed by atoms with Crippen LogP contribution >= 0.6 is 0 Å². The quantitative estimate of drug-likeness (QED) is 0.835. The van der Waals surface area contributed by atoms with Crippen LogP contribution in [0.2, 0.25) is 0 Å². The second-order valence-corrected chi connectivity index (χ2v) is 10.0. The molecule has 1 aliphatic heterocycles. The minimum atomic E-state index is -2.97. The second-order valence-electron chi connectivity index (χ2n) is 7.79. The Morgan fingerprint density at radius 3 is 2.41 bits per heavy atom. The lowest BCUT2D eigenvalue weighted by Gasteiger charge is -2.23. The van der Waals surface area contributed by atoms with Crippen LogP contribution in [0.15, 0.2) is 36.7 Å². The lowest BCUT2D eigenvalue weighted by Crippen LogP contribution is -2.22. The summed E-state index contributed by atoms with van der Waals surface area (Å²) < 4.78 is 23.0. The summed E-state index contributed by atoms with van der Waals surface area (Å²) in [6, 6.07) is 7.51. The van der Waals surface area contributed by atoms with Crippen LogP contribution in [0.5, 0.6) is 0 Å². The molecular weight excluding hydrogens is 364 g/mol. The summed E-state index contributed by atoms with van der Waals surface area (Å²) in [5, 5.41) is 5.93. The molecule has 1 amide bonds. The number of carbonyl (C=O) groups is 1. The Morgan fingerprint density at radius 1 is 1.15 bits per heavy atom. The maximum Gasteiger partial charge on any atom is 0.258 e. The fourth-order valence-corrected chi connectivity index (χ4v) is 4.73. The van der Waals surface area contributed by atoms with Crippen LogP contribution in [0.3, 0.4) is 0 Å². The summed E-state index contributed by atoms with van der Waals surface area (Å²) in [7, 11) is -2.97. The summed E-state index contributed by atoms with van der Waals surface area (Å²) in [5.41, 5.74) is 2.03. The Labute approximate surface area is 159 Å². The van der Waals surface area contributed by atoms with E-state index in [1.165, 1.54) is 12.4 Å². The van der Waals surface area contributed by atoms with E-state index in [9.17, 15) is 13.2 Å². The molecule has 1 aromatic heterocycles. The van der Waals surface area contributed by atoms with Crippen LogP contribution < -0.4 is 10.6 Å². The third kappa shape index (κ3) is 4.82. The van der Waals surface area contributed by atoms with E-state index in [1.54, 1.807) is 0 Å². The Hall–Kier alpha value is -2.48. The van der Waals surface area contributed by atoms with E-state index >= 15 is 0 Å². The molecule has 2 heterocycles. The van der Waals surface area contributed by atoms with E-state index in [0.717, 1.165) is 11.3 Å². The first-order valence-corrected chi connectivity index (χ1v) is 10.7. The van der Waals surface area contributed by atoms with Crippen molar-refractivity contribution < 1.29 is 13.2 Å².